The SMILES string of the molecule is CCc1nc(C(CC)OC)nc(Cl)c1I. The van der Waals surface area contributed by atoms with Crippen molar-refractivity contribution in [1.29, 1.82) is 0 Å². The summed E-state index contributed by atoms with van der Waals surface area (Å²) in [7, 11) is 1.66. The second-order valence-electron chi connectivity index (χ2n) is 3.12. The van der Waals surface area contributed by atoms with Gasteiger partial charge in [0.15, 0.2) is 5.82 Å². The number of hydrogen-bond acceptors (Lipinski definition) is 3. The van der Waals surface area contributed by atoms with Crippen LogP contribution in [0.15, 0.2) is 0 Å². The first-order valence-electron chi connectivity index (χ1n) is 4.88. The van der Waals surface area contributed by atoms with Crippen LogP contribution in [0.4, 0.5) is 0 Å². The van der Waals surface area contributed by atoms with Gasteiger partial charge in [-0.05, 0) is 35.4 Å². The summed E-state index contributed by atoms with van der Waals surface area (Å²) in [6.07, 6.45) is 1.63. The molecular formula is C10H14ClIN2O. The molecule has 0 aliphatic rings. The number of methoxy groups -OCH3 is 1. The van der Waals surface area contributed by atoms with Gasteiger partial charge in [0.25, 0.3) is 0 Å². The molecular weight excluding hydrogens is 326 g/mol. The van der Waals surface area contributed by atoms with E-state index in [0.29, 0.717) is 11.0 Å². The van der Waals surface area contributed by atoms with Crippen LogP contribution in [-0.4, -0.2) is 17.1 Å². The predicted molar refractivity (Wildman–Crippen MR) is 69.2 cm³/mol. The maximum Gasteiger partial charge on any atom is 0.159 e. The fraction of sp³-hybridized carbons (Fsp3) is 0.600. The Morgan fingerprint density at radius 1 is 1.40 bits per heavy atom. The van der Waals surface area contributed by atoms with E-state index in [1.54, 1.807) is 7.11 Å². The van der Waals surface area contributed by atoms with Gasteiger partial charge in [0.1, 0.15) is 11.3 Å². The van der Waals surface area contributed by atoms with Gasteiger partial charge in [-0.2, -0.15) is 0 Å². The highest BCUT2D eigenvalue weighted by Gasteiger charge is 2.15. The normalized spacial score (nSPS) is 12.9. The van der Waals surface area contributed by atoms with Crippen LogP contribution in [0.2, 0.25) is 5.15 Å². The standard InChI is InChI=1S/C10H14ClIN2O/c1-4-6-8(12)9(11)14-10(13-6)7(5-2)15-3/h7H,4-5H2,1-3H3. The lowest BCUT2D eigenvalue weighted by Gasteiger charge is -2.13. The molecule has 0 radical (unpaired) electrons. The summed E-state index contributed by atoms with van der Waals surface area (Å²) in [5, 5.41) is 0.521. The summed E-state index contributed by atoms with van der Waals surface area (Å²) in [5.74, 6) is 0.683. The van der Waals surface area contributed by atoms with Gasteiger partial charge in [-0.25, -0.2) is 9.97 Å². The summed E-state index contributed by atoms with van der Waals surface area (Å²) in [6, 6.07) is 0. The molecule has 1 heterocycles. The van der Waals surface area contributed by atoms with E-state index in [2.05, 4.69) is 39.5 Å². The molecule has 1 rings (SSSR count). The van der Waals surface area contributed by atoms with Gasteiger partial charge < -0.3 is 4.74 Å². The Morgan fingerprint density at radius 3 is 2.53 bits per heavy atom. The minimum Gasteiger partial charge on any atom is -0.373 e. The van der Waals surface area contributed by atoms with Gasteiger partial charge in [0.2, 0.25) is 0 Å². The summed E-state index contributed by atoms with van der Waals surface area (Å²) in [4.78, 5) is 8.71. The molecule has 84 valence electrons. The zero-order chi connectivity index (χ0) is 11.4. The molecule has 5 heteroatoms. The van der Waals surface area contributed by atoms with Gasteiger partial charge >= 0.3 is 0 Å². The molecule has 3 nitrogen and oxygen atoms in total. The third-order valence-electron chi connectivity index (χ3n) is 2.17. The topological polar surface area (TPSA) is 35.0 Å². The first-order valence-corrected chi connectivity index (χ1v) is 6.34. The van der Waals surface area contributed by atoms with E-state index in [4.69, 9.17) is 16.3 Å². The first-order chi connectivity index (χ1) is 7.13. The molecule has 0 aliphatic carbocycles. The van der Waals surface area contributed by atoms with Gasteiger partial charge in [-0.1, -0.05) is 25.4 Å². The minimum absolute atomic E-state index is 0.0650. The number of rotatable bonds is 4. The van der Waals surface area contributed by atoms with Crippen molar-refractivity contribution in [3.8, 4) is 0 Å². The van der Waals surface area contributed by atoms with Crippen molar-refractivity contribution < 1.29 is 4.74 Å². The fourth-order valence-electron chi connectivity index (χ4n) is 1.31. The van der Waals surface area contributed by atoms with Crippen LogP contribution in [0.1, 0.15) is 37.9 Å². The molecule has 0 N–H and O–H groups in total. The molecule has 15 heavy (non-hydrogen) atoms. The number of aromatic nitrogens is 2. The van der Waals surface area contributed by atoms with Gasteiger partial charge in [-0.15, -0.1) is 0 Å². The minimum atomic E-state index is -0.0650. The Hall–Kier alpha value is 0.0600. The zero-order valence-corrected chi connectivity index (χ0v) is 12.0. The molecule has 0 amide bonds. The Morgan fingerprint density at radius 2 is 2.07 bits per heavy atom. The predicted octanol–water partition coefficient (Wildman–Crippen LogP) is 3.39. The Bertz CT molecular complexity index is 342. The highest BCUT2D eigenvalue weighted by molar-refractivity contribution is 14.1. The number of aryl methyl sites for hydroxylation is 1. The average molecular weight is 341 g/mol. The van der Waals surface area contributed by atoms with E-state index < -0.39 is 0 Å². The van der Waals surface area contributed by atoms with Crippen LogP contribution in [0.5, 0.6) is 0 Å². The lowest BCUT2D eigenvalue weighted by molar-refractivity contribution is 0.0923. The van der Waals surface area contributed by atoms with Crippen LogP contribution in [0, 0.1) is 3.57 Å². The number of nitrogens with zero attached hydrogens (tertiary/aromatic N) is 2. The Kier molecular flexibility index (Phi) is 5.22. The first kappa shape index (κ1) is 13.1. The van der Waals surface area contributed by atoms with Crippen LogP contribution >= 0.6 is 34.2 Å². The van der Waals surface area contributed by atoms with E-state index in [1.165, 1.54) is 0 Å². The molecule has 0 bridgehead atoms. The van der Waals surface area contributed by atoms with Crippen molar-refractivity contribution in [2.45, 2.75) is 32.8 Å². The van der Waals surface area contributed by atoms with E-state index in [1.807, 2.05) is 6.92 Å². The van der Waals surface area contributed by atoms with Crippen molar-refractivity contribution in [3.63, 3.8) is 0 Å². The third-order valence-corrected chi connectivity index (χ3v) is 3.90. The van der Waals surface area contributed by atoms with E-state index in [9.17, 15) is 0 Å². The van der Waals surface area contributed by atoms with E-state index in [-0.39, 0.29) is 6.10 Å². The van der Waals surface area contributed by atoms with Crippen LogP contribution < -0.4 is 0 Å². The molecule has 1 unspecified atom stereocenters. The lowest BCUT2D eigenvalue weighted by Crippen LogP contribution is -2.09. The fourth-order valence-corrected chi connectivity index (χ4v) is 2.13. The maximum atomic E-state index is 6.04. The lowest BCUT2D eigenvalue weighted by atomic mass is 10.2. The molecule has 0 aromatic carbocycles. The molecule has 0 saturated carbocycles. The molecule has 0 fully saturated rings. The molecule has 0 aliphatic heterocycles. The second-order valence-corrected chi connectivity index (χ2v) is 4.56. The smallest absolute Gasteiger partial charge is 0.159 e. The van der Waals surface area contributed by atoms with Crippen molar-refractivity contribution in [2.75, 3.05) is 7.11 Å². The van der Waals surface area contributed by atoms with E-state index >= 15 is 0 Å². The Balaban J connectivity index is 3.15. The number of ether oxygens (including phenoxy) is 1. The summed E-state index contributed by atoms with van der Waals surface area (Å²) < 4.78 is 6.23. The molecule has 1 aromatic heterocycles. The van der Waals surface area contributed by atoms with Gasteiger partial charge in [0.05, 0.1) is 9.26 Å². The van der Waals surface area contributed by atoms with Crippen LogP contribution in [-0.2, 0) is 11.2 Å². The largest absolute Gasteiger partial charge is 0.373 e. The monoisotopic (exact) mass is 340 g/mol. The van der Waals surface area contributed by atoms with E-state index in [0.717, 1.165) is 22.1 Å². The number of halogens is 2. The van der Waals surface area contributed by atoms with Crippen molar-refractivity contribution in [3.05, 3.63) is 20.2 Å². The average Bonchev–Trinajstić information content (AvgIpc) is 2.24. The number of hydrogen-bond donors (Lipinski definition) is 0. The van der Waals surface area contributed by atoms with Crippen LogP contribution in [0.25, 0.3) is 0 Å². The van der Waals surface area contributed by atoms with Crippen molar-refractivity contribution >= 4 is 34.2 Å². The highest BCUT2D eigenvalue weighted by Crippen LogP contribution is 2.24. The van der Waals surface area contributed by atoms with Crippen molar-refractivity contribution in [1.82, 2.24) is 9.97 Å². The second kappa shape index (κ2) is 5.96. The molecule has 0 saturated heterocycles. The zero-order valence-electron chi connectivity index (χ0n) is 9.05. The molecule has 0 spiro atoms. The maximum absolute atomic E-state index is 6.04. The highest BCUT2D eigenvalue weighted by atomic mass is 127. The Labute approximate surface area is 109 Å². The summed E-state index contributed by atoms with van der Waals surface area (Å²) in [6.45, 7) is 4.09. The summed E-state index contributed by atoms with van der Waals surface area (Å²) in [5.41, 5.74) is 0.987. The third kappa shape index (κ3) is 3.01. The van der Waals surface area contributed by atoms with Gasteiger partial charge in [0, 0.05) is 7.11 Å². The molecule has 1 aromatic rings. The van der Waals surface area contributed by atoms with Crippen molar-refractivity contribution in [2.24, 2.45) is 0 Å². The van der Waals surface area contributed by atoms with Gasteiger partial charge in [-0.3, -0.25) is 0 Å². The molecule has 1 atom stereocenters. The quantitative estimate of drug-likeness (QED) is 0.622. The summed E-state index contributed by atoms with van der Waals surface area (Å²) >= 11 is 8.21. The van der Waals surface area contributed by atoms with Crippen LogP contribution in [0.3, 0.4) is 0 Å².